The monoisotopic (exact) mass is 338 g/mol. The van der Waals surface area contributed by atoms with E-state index in [4.69, 9.17) is 0 Å². The van der Waals surface area contributed by atoms with E-state index in [1.165, 1.54) is 18.4 Å². The van der Waals surface area contributed by atoms with Crippen LogP contribution in [0.2, 0.25) is 0 Å². The number of hydrogen-bond acceptors (Lipinski definition) is 4. The van der Waals surface area contributed by atoms with Crippen molar-refractivity contribution < 1.29 is 4.79 Å². The van der Waals surface area contributed by atoms with Crippen molar-refractivity contribution in [1.29, 1.82) is 0 Å². The highest BCUT2D eigenvalue weighted by Crippen LogP contribution is 2.25. The summed E-state index contributed by atoms with van der Waals surface area (Å²) < 4.78 is 0. The number of anilines is 2. The third kappa shape index (κ3) is 4.16. The first-order chi connectivity index (χ1) is 12.1. The Hall–Kier alpha value is -2.43. The summed E-state index contributed by atoms with van der Waals surface area (Å²) in [5, 5.41) is 6.48. The minimum absolute atomic E-state index is 0.110. The minimum atomic E-state index is -0.110. The Morgan fingerprint density at radius 3 is 2.68 bits per heavy atom. The van der Waals surface area contributed by atoms with Gasteiger partial charge in [0.15, 0.2) is 0 Å². The smallest absolute Gasteiger partial charge is 0.270 e. The summed E-state index contributed by atoms with van der Waals surface area (Å²) in [6, 6.07) is 8.26. The van der Waals surface area contributed by atoms with Crippen molar-refractivity contribution in [2.75, 3.05) is 5.32 Å². The molecule has 3 rings (SSSR count). The van der Waals surface area contributed by atoms with Crippen LogP contribution in [0.25, 0.3) is 0 Å². The lowest BCUT2D eigenvalue weighted by molar-refractivity contribution is 0.0932. The van der Waals surface area contributed by atoms with Crippen molar-refractivity contribution in [3.05, 3.63) is 46.9 Å². The zero-order valence-electron chi connectivity index (χ0n) is 15.2. The molecule has 1 fully saturated rings. The molecule has 5 heteroatoms. The number of hydrogen-bond donors (Lipinski definition) is 2. The molecule has 1 aromatic heterocycles. The molecule has 0 atom stereocenters. The number of rotatable bonds is 5. The zero-order valence-corrected chi connectivity index (χ0v) is 15.2. The predicted molar refractivity (Wildman–Crippen MR) is 100 cm³/mol. The second-order valence-corrected chi connectivity index (χ2v) is 6.73. The highest BCUT2D eigenvalue weighted by Gasteiger charge is 2.19. The number of nitrogens with zero attached hydrogens (tertiary/aromatic N) is 2. The Labute approximate surface area is 149 Å². The molecule has 1 amide bonds. The van der Waals surface area contributed by atoms with Gasteiger partial charge in [0, 0.05) is 17.8 Å². The van der Waals surface area contributed by atoms with Crippen LogP contribution in [-0.2, 0) is 6.42 Å². The van der Waals surface area contributed by atoms with Crippen LogP contribution in [0.15, 0.2) is 24.3 Å². The second kappa shape index (κ2) is 7.64. The summed E-state index contributed by atoms with van der Waals surface area (Å²) in [6.45, 7) is 6.02. The first-order valence-electron chi connectivity index (χ1n) is 9.09. The van der Waals surface area contributed by atoms with Crippen LogP contribution in [0.1, 0.15) is 60.0 Å². The van der Waals surface area contributed by atoms with E-state index in [-0.39, 0.29) is 11.9 Å². The van der Waals surface area contributed by atoms with Crippen molar-refractivity contribution >= 4 is 17.4 Å². The number of aromatic nitrogens is 2. The molecule has 5 nitrogen and oxygen atoms in total. The maximum absolute atomic E-state index is 12.5. The third-order valence-corrected chi connectivity index (χ3v) is 4.75. The van der Waals surface area contributed by atoms with Gasteiger partial charge in [-0.1, -0.05) is 38.0 Å². The van der Waals surface area contributed by atoms with E-state index in [0.717, 1.165) is 30.5 Å². The molecule has 0 spiro atoms. The van der Waals surface area contributed by atoms with E-state index >= 15 is 0 Å². The summed E-state index contributed by atoms with van der Waals surface area (Å²) in [5.74, 6) is 1.14. The van der Waals surface area contributed by atoms with Gasteiger partial charge in [-0.15, -0.1) is 0 Å². The van der Waals surface area contributed by atoms with Crippen molar-refractivity contribution in [2.24, 2.45) is 0 Å². The summed E-state index contributed by atoms with van der Waals surface area (Å²) >= 11 is 0. The first-order valence-corrected chi connectivity index (χ1v) is 9.09. The van der Waals surface area contributed by atoms with Crippen LogP contribution in [0.5, 0.6) is 0 Å². The predicted octanol–water partition coefficient (Wildman–Crippen LogP) is 4.07. The van der Waals surface area contributed by atoms with Gasteiger partial charge in [0.05, 0.1) is 0 Å². The Balaban J connectivity index is 1.83. The number of aryl methyl sites for hydroxylation is 3. The number of carbonyl (C=O) groups excluding carboxylic acids is 1. The van der Waals surface area contributed by atoms with Gasteiger partial charge in [0.2, 0.25) is 0 Å². The first kappa shape index (κ1) is 17.4. The molecule has 0 bridgehead atoms. The van der Waals surface area contributed by atoms with Gasteiger partial charge in [0.1, 0.15) is 17.3 Å². The van der Waals surface area contributed by atoms with Gasteiger partial charge in [-0.05, 0) is 44.2 Å². The standard InChI is InChI=1S/C20H26N4O/c1-4-15-9-7-8-13(2)19(15)24-18-12-17(21-14(3)22-18)20(25)23-16-10-5-6-11-16/h7-9,12,16H,4-6,10-11H2,1-3H3,(H,23,25)(H,21,22,24). The average molecular weight is 338 g/mol. The normalized spacial score (nSPS) is 14.5. The highest BCUT2D eigenvalue weighted by molar-refractivity contribution is 5.93. The van der Waals surface area contributed by atoms with Crippen LogP contribution in [0, 0.1) is 13.8 Å². The van der Waals surface area contributed by atoms with E-state index < -0.39 is 0 Å². The Kier molecular flexibility index (Phi) is 5.31. The van der Waals surface area contributed by atoms with E-state index in [1.807, 2.05) is 6.92 Å². The SMILES string of the molecule is CCc1cccc(C)c1Nc1cc(C(=O)NC2CCCC2)nc(C)n1. The van der Waals surface area contributed by atoms with Crippen molar-refractivity contribution in [3.63, 3.8) is 0 Å². The number of benzene rings is 1. The number of para-hydroxylation sites is 1. The van der Waals surface area contributed by atoms with Gasteiger partial charge in [-0.3, -0.25) is 4.79 Å². The van der Waals surface area contributed by atoms with E-state index in [2.05, 4.69) is 52.6 Å². The van der Waals surface area contributed by atoms with Crippen molar-refractivity contribution in [2.45, 2.75) is 58.9 Å². The molecular weight excluding hydrogens is 312 g/mol. The topological polar surface area (TPSA) is 66.9 Å². The van der Waals surface area contributed by atoms with Crippen LogP contribution >= 0.6 is 0 Å². The number of nitrogens with one attached hydrogen (secondary N) is 2. The molecule has 1 aliphatic carbocycles. The lowest BCUT2D eigenvalue weighted by Crippen LogP contribution is -2.33. The molecule has 0 unspecified atom stereocenters. The molecular formula is C20H26N4O. The average Bonchev–Trinajstić information content (AvgIpc) is 3.09. The third-order valence-electron chi connectivity index (χ3n) is 4.75. The molecule has 25 heavy (non-hydrogen) atoms. The fourth-order valence-electron chi connectivity index (χ4n) is 3.41. The van der Waals surface area contributed by atoms with Crippen LogP contribution in [0.4, 0.5) is 11.5 Å². The van der Waals surface area contributed by atoms with Crippen LogP contribution < -0.4 is 10.6 Å². The molecule has 1 aromatic carbocycles. The molecule has 1 saturated carbocycles. The van der Waals surface area contributed by atoms with Gasteiger partial charge in [0.25, 0.3) is 5.91 Å². The summed E-state index contributed by atoms with van der Waals surface area (Å²) in [5.41, 5.74) is 3.87. The molecule has 0 aliphatic heterocycles. The fourth-order valence-corrected chi connectivity index (χ4v) is 3.41. The summed E-state index contributed by atoms with van der Waals surface area (Å²) in [6.07, 6.45) is 5.43. The van der Waals surface area contributed by atoms with Gasteiger partial charge >= 0.3 is 0 Å². The van der Waals surface area contributed by atoms with Crippen LogP contribution in [-0.4, -0.2) is 21.9 Å². The highest BCUT2D eigenvalue weighted by atomic mass is 16.1. The second-order valence-electron chi connectivity index (χ2n) is 6.73. The van der Waals surface area contributed by atoms with Gasteiger partial charge < -0.3 is 10.6 Å². The molecule has 132 valence electrons. The van der Waals surface area contributed by atoms with Crippen molar-refractivity contribution in [1.82, 2.24) is 15.3 Å². The molecule has 1 aliphatic rings. The number of amides is 1. The Morgan fingerprint density at radius 2 is 1.96 bits per heavy atom. The lowest BCUT2D eigenvalue weighted by atomic mass is 10.1. The summed E-state index contributed by atoms with van der Waals surface area (Å²) in [4.78, 5) is 21.3. The maximum Gasteiger partial charge on any atom is 0.270 e. The largest absolute Gasteiger partial charge is 0.348 e. The van der Waals surface area contributed by atoms with Gasteiger partial charge in [-0.25, -0.2) is 9.97 Å². The molecule has 0 saturated heterocycles. The van der Waals surface area contributed by atoms with E-state index in [1.54, 1.807) is 6.07 Å². The fraction of sp³-hybridized carbons (Fsp3) is 0.450. The molecule has 1 heterocycles. The maximum atomic E-state index is 12.5. The molecule has 2 aromatic rings. The lowest BCUT2D eigenvalue weighted by Gasteiger charge is -2.15. The molecule has 2 N–H and O–H groups in total. The minimum Gasteiger partial charge on any atom is -0.348 e. The van der Waals surface area contributed by atoms with E-state index in [9.17, 15) is 4.79 Å². The van der Waals surface area contributed by atoms with Crippen LogP contribution in [0.3, 0.4) is 0 Å². The van der Waals surface area contributed by atoms with Gasteiger partial charge in [-0.2, -0.15) is 0 Å². The quantitative estimate of drug-likeness (QED) is 0.862. The Bertz CT molecular complexity index is 766. The van der Waals surface area contributed by atoms with Crippen molar-refractivity contribution in [3.8, 4) is 0 Å². The van der Waals surface area contributed by atoms with E-state index in [0.29, 0.717) is 17.3 Å². The zero-order chi connectivity index (χ0) is 17.8. The molecule has 0 radical (unpaired) electrons. The Morgan fingerprint density at radius 1 is 1.20 bits per heavy atom. The number of carbonyl (C=O) groups is 1. The summed E-state index contributed by atoms with van der Waals surface area (Å²) in [7, 11) is 0.